The van der Waals surface area contributed by atoms with Gasteiger partial charge < -0.3 is 15.4 Å². The zero-order valence-electron chi connectivity index (χ0n) is 10.9. The lowest BCUT2D eigenvalue weighted by Gasteiger charge is -2.13. The van der Waals surface area contributed by atoms with E-state index in [2.05, 4.69) is 16.7 Å². The van der Waals surface area contributed by atoms with Crippen LogP contribution in [0.1, 0.15) is 5.56 Å². The zero-order valence-corrected chi connectivity index (χ0v) is 11.7. The third-order valence-electron chi connectivity index (χ3n) is 2.65. The predicted molar refractivity (Wildman–Crippen MR) is 84.0 cm³/mol. The summed E-state index contributed by atoms with van der Waals surface area (Å²) in [5.74, 6) is 0.699. The molecule has 2 aromatic carbocycles. The number of nitriles is 1. The smallest absolute Gasteiger partial charge is 0.175 e. The van der Waals surface area contributed by atoms with Gasteiger partial charge >= 0.3 is 0 Å². The highest BCUT2D eigenvalue weighted by Gasteiger charge is 2.06. The average molecular weight is 283 g/mol. The van der Waals surface area contributed by atoms with Crippen LogP contribution in [-0.4, -0.2) is 12.2 Å². The first-order valence-corrected chi connectivity index (χ1v) is 6.35. The van der Waals surface area contributed by atoms with Crippen molar-refractivity contribution in [2.45, 2.75) is 0 Å². The van der Waals surface area contributed by atoms with Crippen LogP contribution in [0.3, 0.4) is 0 Å². The van der Waals surface area contributed by atoms with Gasteiger partial charge in [-0.05, 0) is 36.5 Å². The van der Waals surface area contributed by atoms with Gasteiger partial charge in [-0.2, -0.15) is 5.26 Å². The summed E-state index contributed by atoms with van der Waals surface area (Å²) in [4.78, 5) is 0. The lowest BCUT2D eigenvalue weighted by atomic mass is 10.2. The van der Waals surface area contributed by atoms with Crippen molar-refractivity contribution in [1.82, 2.24) is 0 Å². The van der Waals surface area contributed by atoms with Crippen molar-refractivity contribution in [3.63, 3.8) is 0 Å². The molecule has 20 heavy (non-hydrogen) atoms. The number of benzene rings is 2. The molecule has 2 rings (SSSR count). The number of rotatable bonds is 3. The molecule has 0 unspecified atom stereocenters. The Bertz CT molecular complexity index is 664. The summed E-state index contributed by atoms with van der Waals surface area (Å²) >= 11 is 5.25. The second kappa shape index (κ2) is 6.55. The molecule has 0 aliphatic carbocycles. The van der Waals surface area contributed by atoms with Gasteiger partial charge in [0, 0.05) is 0 Å². The molecule has 0 spiro atoms. The number of nitrogens with zero attached hydrogens (tertiary/aromatic N) is 1. The molecule has 0 amide bonds. The van der Waals surface area contributed by atoms with Gasteiger partial charge in [0.25, 0.3) is 0 Å². The molecular formula is C15H13N3OS. The van der Waals surface area contributed by atoms with Crippen LogP contribution in [0.5, 0.6) is 5.75 Å². The number of para-hydroxylation sites is 3. The van der Waals surface area contributed by atoms with Crippen LogP contribution in [0.2, 0.25) is 0 Å². The van der Waals surface area contributed by atoms with Crippen LogP contribution in [0.25, 0.3) is 0 Å². The first-order chi connectivity index (χ1) is 9.74. The second-order valence-electron chi connectivity index (χ2n) is 3.94. The maximum atomic E-state index is 9.03. The Morgan fingerprint density at radius 3 is 2.35 bits per heavy atom. The van der Waals surface area contributed by atoms with Gasteiger partial charge in [-0.25, -0.2) is 0 Å². The van der Waals surface area contributed by atoms with Crippen LogP contribution < -0.4 is 15.4 Å². The second-order valence-corrected chi connectivity index (χ2v) is 4.35. The minimum atomic E-state index is 0.400. The maximum Gasteiger partial charge on any atom is 0.175 e. The summed E-state index contributed by atoms with van der Waals surface area (Å²) in [7, 11) is 1.60. The van der Waals surface area contributed by atoms with Crippen molar-refractivity contribution < 1.29 is 4.74 Å². The molecule has 0 heterocycles. The molecule has 0 fully saturated rings. The van der Waals surface area contributed by atoms with Gasteiger partial charge in [0.15, 0.2) is 5.11 Å². The SMILES string of the molecule is COc1ccccc1NC(=S)Nc1ccccc1C#N. The number of methoxy groups -OCH3 is 1. The summed E-state index contributed by atoms with van der Waals surface area (Å²) in [6.07, 6.45) is 0. The molecule has 0 saturated heterocycles. The highest BCUT2D eigenvalue weighted by Crippen LogP contribution is 2.23. The van der Waals surface area contributed by atoms with Crippen molar-refractivity contribution in [2.24, 2.45) is 0 Å². The normalized spacial score (nSPS) is 9.40. The third-order valence-corrected chi connectivity index (χ3v) is 2.86. The molecule has 0 radical (unpaired) electrons. The minimum absolute atomic E-state index is 0.400. The van der Waals surface area contributed by atoms with Gasteiger partial charge in [0.1, 0.15) is 11.8 Å². The standard InChI is InChI=1S/C15H13N3OS/c1-19-14-9-5-4-8-13(14)18-15(20)17-12-7-3-2-6-11(12)10-16/h2-9H,1H3,(H2,17,18,20). The molecule has 0 atom stereocenters. The van der Waals surface area contributed by atoms with Gasteiger partial charge in [0.2, 0.25) is 0 Å². The monoisotopic (exact) mass is 283 g/mol. The Morgan fingerprint density at radius 2 is 1.65 bits per heavy atom. The predicted octanol–water partition coefficient (Wildman–Crippen LogP) is 3.38. The molecule has 4 nitrogen and oxygen atoms in total. The zero-order chi connectivity index (χ0) is 14.4. The number of ether oxygens (including phenoxy) is 1. The molecule has 2 N–H and O–H groups in total. The Kier molecular flexibility index (Phi) is 4.53. The van der Waals surface area contributed by atoms with E-state index < -0.39 is 0 Å². The summed E-state index contributed by atoms with van der Waals surface area (Å²) in [5, 5.41) is 15.5. The van der Waals surface area contributed by atoms with E-state index in [1.807, 2.05) is 30.3 Å². The molecule has 0 aliphatic heterocycles. The Hall–Kier alpha value is -2.58. The van der Waals surface area contributed by atoms with Crippen molar-refractivity contribution in [3.8, 4) is 11.8 Å². The highest BCUT2D eigenvalue weighted by atomic mass is 32.1. The molecule has 2 aromatic rings. The number of thiocarbonyl (C=S) groups is 1. The Morgan fingerprint density at radius 1 is 1.05 bits per heavy atom. The summed E-state index contributed by atoms with van der Waals surface area (Å²) in [5.41, 5.74) is 1.97. The minimum Gasteiger partial charge on any atom is -0.495 e. The van der Waals surface area contributed by atoms with Crippen LogP contribution >= 0.6 is 12.2 Å². The van der Waals surface area contributed by atoms with Crippen molar-refractivity contribution >= 4 is 28.7 Å². The van der Waals surface area contributed by atoms with Crippen LogP contribution in [0, 0.1) is 11.3 Å². The maximum absolute atomic E-state index is 9.03. The first kappa shape index (κ1) is 13.8. The highest BCUT2D eigenvalue weighted by molar-refractivity contribution is 7.80. The lowest BCUT2D eigenvalue weighted by molar-refractivity contribution is 0.417. The van der Waals surface area contributed by atoms with Gasteiger partial charge in [-0.3, -0.25) is 0 Å². The molecule has 0 aliphatic rings. The fourth-order valence-corrected chi connectivity index (χ4v) is 1.93. The van der Waals surface area contributed by atoms with E-state index in [1.54, 1.807) is 25.3 Å². The van der Waals surface area contributed by atoms with Crippen LogP contribution in [0.15, 0.2) is 48.5 Å². The van der Waals surface area contributed by atoms with E-state index in [-0.39, 0.29) is 0 Å². The summed E-state index contributed by atoms with van der Waals surface area (Å²) < 4.78 is 5.24. The van der Waals surface area contributed by atoms with E-state index in [0.717, 1.165) is 5.69 Å². The van der Waals surface area contributed by atoms with E-state index >= 15 is 0 Å². The fourth-order valence-electron chi connectivity index (χ4n) is 1.71. The average Bonchev–Trinajstić information content (AvgIpc) is 2.48. The van der Waals surface area contributed by atoms with Crippen molar-refractivity contribution in [3.05, 3.63) is 54.1 Å². The molecule has 0 aromatic heterocycles. The number of anilines is 2. The fraction of sp³-hybridized carbons (Fsp3) is 0.0667. The number of hydrogen-bond donors (Lipinski definition) is 2. The van der Waals surface area contributed by atoms with Gasteiger partial charge in [-0.15, -0.1) is 0 Å². The van der Waals surface area contributed by atoms with Crippen molar-refractivity contribution in [2.75, 3.05) is 17.7 Å². The van der Waals surface area contributed by atoms with E-state index in [1.165, 1.54) is 0 Å². The summed E-state index contributed by atoms with van der Waals surface area (Å²) in [6.45, 7) is 0. The lowest BCUT2D eigenvalue weighted by Crippen LogP contribution is -2.20. The molecule has 5 heteroatoms. The molecular weight excluding hydrogens is 270 g/mol. The molecule has 100 valence electrons. The third kappa shape index (κ3) is 3.25. The number of hydrogen-bond acceptors (Lipinski definition) is 3. The largest absolute Gasteiger partial charge is 0.495 e. The first-order valence-electron chi connectivity index (χ1n) is 5.94. The van der Waals surface area contributed by atoms with E-state index in [9.17, 15) is 0 Å². The van der Waals surface area contributed by atoms with E-state index in [4.69, 9.17) is 22.2 Å². The topological polar surface area (TPSA) is 57.1 Å². The molecule has 0 bridgehead atoms. The van der Waals surface area contributed by atoms with Crippen LogP contribution in [-0.2, 0) is 0 Å². The molecule has 0 saturated carbocycles. The van der Waals surface area contributed by atoms with Gasteiger partial charge in [0.05, 0.1) is 24.0 Å². The Labute approximate surface area is 123 Å². The van der Waals surface area contributed by atoms with Crippen molar-refractivity contribution in [1.29, 1.82) is 5.26 Å². The van der Waals surface area contributed by atoms with Crippen LogP contribution in [0.4, 0.5) is 11.4 Å². The van der Waals surface area contributed by atoms with E-state index in [0.29, 0.717) is 22.1 Å². The Balaban J connectivity index is 2.12. The van der Waals surface area contributed by atoms with Gasteiger partial charge in [-0.1, -0.05) is 24.3 Å². The summed E-state index contributed by atoms with van der Waals surface area (Å²) in [6, 6.07) is 16.8. The quantitative estimate of drug-likeness (QED) is 0.846. The number of nitrogens with one attached hydrogen (secondary N) is 2.